The number of aromatic nitrogens is 2. The first kappa shape index (κ1) is 19.2. The van der Waals surface area contributed by atoms with E-state index < -0.39 is 0 Å². The highest BCUT2D eigenvalue weighted by Gasteiger charge is 2.21. The van der Waals surface area contributed by atoms with Crippen LogP contribution in [-0.2, 0) is 17.6 Å². The summed E-state index contributed by atoms with van der Waals surface area (Å²) in [5, 5.41) is 5.04. The first-order valence-electron chi connectivity index (χ1n) is 9.57. The summed E-state index contributed by atoms with van der Waals surface area (Å²) in [6, 6.07) is 9.61. The Hall–Kier alpha value is -2.12. The number of benzene rings is 1. The van der Waals surface area contributed by atoms with Gasteiger partial charge in [-0.15, -0.1) is 11.3 Å². The molecule has 0 aliphatic heterocycles. The zero-order valence-electron chi connectivity index (χ0n) is 15.9. The summed E-state index contributed by atoms with van der Waals surface area (Å²) in [5.74, 6) is 1.93. The van der Waals surface area contributed by atoms with Crippen molar-refractivity contribution >= 4 is 39.2 Å². The molecule has 0 unspecified atom stereocenters. The van der Waals surface area contributed by atoms with Gasteiger partial charge in [0.05, 0.1) is 12.3 Å². The Labute approximate surface area is 172 Å². The highest BCUT2D eigenvalue weighted by Crippen LogP contribution is 2.39. The molecule has 0 fully saturated rings. The van der Waals surface area contributed by atoms with Crippen molar-refractivity contribution in [1.82, 2.24) is 15.3 Å². The number of nitrogens with zero attached hydrogens (tertiary/aromatic N) is 2. The third kappa shape index (κ3) is 4.47. The molecule has 1 N–H and O–H groups in total. The summed E-state index contributed by atoms with van der Waals surface area (Å²) in [4.78, 5) is 24.0. The summed E-state index contributed by atoms with van der Waals surface area (Å²) >= 11 is 3.30. The van der Waals surface area contributed by atoms with E-state index in [0.717, 1.165) is 34.3 Å². The molecule has 1 amide bonds. The van der Waals surface area contributed by atoms with Gasteiger partial charge in [0, 0.05) is 10.3 Å². The molecule has 0 radical (unpaired) electrons. The van der Waals surface area contributed by atoms with Crippen LogP contribution >= 0.6 is 23.1 Å². The molecule has 0 spiro atoms. The van der Waals surface area contributed by atoms with Crippen molar-refractivity contribution in [2.75, 3.05) is 18.9 Å². The average Bonchev–Trinajstić information content (AvgIpc) is 3.08. The fourth-order valence-corrected chi connectivity index (χ4v) is 5.69. The van der Waals surface area contributed by atoms with Crippen molar-refractivity contribution in [3.05, 3.63) is 46.6 Å². The molecule has 4 rings (SSSR count). The summed E-state index contributed by atoms with van der Waals surface area (Å²) in [5.41, 5.74) is 1.41. The number of aryl methyl sites for hydroxylation is 3. The molecule has 0 saturated heterocycles. The van der Waals surface area contributed by atoms with Gasteiger partial charge in [-0.1, -0.05) is 30.0 Å². The van der Waals surface area contributed by atoms with E-state index >= 15 is 0 Å². The Balaban J connectivity index is 1.34. The highest BCUT2D eigenvalue weighted by molar-refractivity contribution is 8.00. The maximum atomic E-state index is 12.2. The molecular formula is C21H23N3O2S2. The number of thioether (sulfide) groups is 1. The van der Waals surface area contributed by atoms with Crippen molar-refractivity contribution in [1.29, 1.82) is 0 Å². The SMILES string of the molecule is Cc1nc(SCC(=O)NCCOc2ccccc2)c2c3c(sc2n1)CCCC3. The standard InChI is InChI=1S/C21H23N3O2S2/c1-14-23-20(19-16-9-5-6-10-17(16)28-21(19)24-14)27-13-18(25)22-11-12-26-15-7-3-2-4-8-15/h2-4,7-8H,5-6,9-13H2,1H3,(H,22,25). The van der Waals surface area contributed by atoms with Crippen LogP contribution in [0.4, 0.5) is 0 Å². The van der Waals surface area contributed by atoms with Crippen LogP contribution in [0, 0.1) is 6.92 Å². The first-order valence-corrected chi connectivity index (χ1v) is 11.4. The van der Waals surface area contributed by atoms with Crippen LogP contribution in [0.1, 0.15) is 29.1 Å². The number of rotatable bonds is 7. The second-order valence-corrected chi connectivity index (χ2v) is 8.81. The van der Waals surface area contributed by atoms with Crippen LogP contribution in [0.25, 0.3) is 10.2 Å². The predicted molar refractivity (Wildman–Crippen MR) is 114 cm³/mol. The lowest BCUT2D eigenvalue weighted by Gasteiger charge is -2.12. The lowest BCUT2D eigenvalue weighted by atomic mass is 9.97. The van der Waals surface area contributed by atoms with Gasteiger partial charge in [-0.3, -0.25) is 4.79 Å². The Bertz CT molecular complexity index is 973. The van der Waals surface area contributed by atoms with E-state index in [4.69, 9.17) is 4.74 Å². The van der Waals surface area contributed by atoms with E-state index in [0.29, 0.717) is 18.9 Å². The molecule has 1 aromatic carbocycles. The fraction of sp³-hybridized carbons (Fsp3) is 0.381. The molecule has 3 aromatic rings. The third-order valence-electron chi connectivity index (χ3n) is 4.67. The van der Waals surface area contributed by atoms with E-state index in [1.54, 1.807) is 11.3 Å². The van der Waals surface area contributed by atoms with Crippen LogP contribution < -0.4 is 10.1 Å². The molecule has 0 bridgehead atoms. The number of fused-ring (bicyclic) bond motifs is 3. The van der Waals surface area contributed by atoms with Gasteiger partial charge in [0.25, 0.3) is 0 Å². The quantitative estimate of drug-likeness (QED) is 0.358. The van der Waals surface area contributed by atoms with E-state index in [-0.39, 0.29) is 5.91 Å². The van der Waals surface area contributed by atoms with Crippen molar-refractivity contribution in [2.24, 2.45) is 0 Å². The zero-order chi connectivity index (χ0) is 19.3. The topological polar surface area (TPSA) is 64.1 Å². The van der Waals surface area contributed by atoms with Gasteiger partial charge in [0.15, 0.2) is 0 Å². The van der Waals surface area contributed by atoms with E-state index in [9.17, 15) is 4.79 Å². The number of amides is 1. The lowest BCUT2D eigenvalue weighted by molar-refractivity contribution is -0.118. The maximum absolute atomic E-state index is 12.2. The van der Waals surface area contributed by atoms with E-state index in [1.807, 2.05) is 37.3 Å². The summed E-state index contributed by atoms with van der Waals surface area (Å²) < 4.78 is 5.60. The van der Waals surface area contributed by atoms with Crippen molar-refractivity contribution in [3.63, 3.8) is 0 Å². The lowest BCUT2D eigenvalue weighted by Crippen LogP contribution is -2.29. The molecule has 28 heavy (non-hydrogen) atoms. The van der Waals surface area contributed by atoms with Gasteiger partial charge in [-0.05, 0) is 50.3 Å². The van der Waals surface area contributed by atoms with Crippen LogP contribution in [0.2, 0.25) is 0 Å². The molecule has 7 heteroatoms. The summed E-state index contributed by atoms with van der Waals surface area (Å²) in [7, 11) is 0. The van der Waals surface area contributed by atoms with Gasteiger partial charge in [-0.25, -0.2) is 9.97 Å². The largest absolute Gasteiger partial charge is 0.492 e. The summed E-state index contributed by atoms with van der Waals surface area (Å²) in [6.07, 6.45) is 4.71. The molecule has 0 saturated carbocycles. The number of hydrogen-bond donors (Lipinski definition) is 1. The van der Waals surface area contributed by atoms with Gasteiger partial charge in [0.2, 0.25) is 5.91 Å². The minimum Gasteiger partial charge on any atom is -0.492 e. The molecule has 1 aliphatic carbocycles. The Morgan fingerprint density at radius 1 is 1.21 bits per heavy atom. The van der Waals surface area contributed by atoms with Crippen molar-refractivity contribution in [3.8, 4) is 5.75 Å². The monoisotopic (exact) mass is 413 g/mol. The van der Waals surface area contributed by atoms with Crippen LogP contribution in [0.15, 0.2) is 35.4 Å². The number of nitrogens with one attached hydrogen (secondary N) is 1. The van der Waals surface area contributed by atoms with Gasteiger partial charge in [0.1, 0.15) is 28.0 Å². The average molecular weight is 414 g/mol. The van der Waals surface area contributed by atoms with E-state index in [2.05, 4.69) is 15.3 Å². The molecular weight excluding hydrogens is 390 g/mol. The summed E-state index contributed by atoms with van der Waals surface area (Å²) in [6.45, 7) is 2.86. The minimum absolute atomic E-state index is 0.00447. The molecule has 146 valence electrons. The Morgan fingerprint density at radius 3 is 2.89 bits per heavy atom. The predicted octanol–water partition coefficient (Wildman–Crippen LogP) is 4.17. The number of carbonyl (C=O) groups is 1. The molecule has 0 atom stereocenters. The van der Waals surface area contributed by atoms with Gasteiger partial charge >= 0.3 is 0 Å². The van der Waals surface area contributed by atoms with Crippen LogP contribution in [-0.4, -0.2) is 34.8 Å². The van der Waals surface area contributed by atoms with Crippen LogP contribution in [0.5, 0.6) is 5.75 Å². The molecule has 5 nitrogen and oxygen atoms in total. The van der Waals surface area contributed by atoms with Crippen molar-refractivity contribution < 1.29 is 9.53 Å². The normalized spacial score (nSPS) is 13.3. The van der Waals surface area contributed by atoms with Gasteiger partial charge in [-0.2, -0.15) is 0 Å². The number of ether oxygens (including phenoxy) is 1. The number of carbonyl (C=O) groups excluding carboxylic acids is 1. The molecule has 1 aliphatic rings. The van der Waals surface area contributed by atoms with E-state index in [1.165, 1.54) is 40.4 Å². The van der Waals surface area contributed by atoms with Crippen LogP contribution in [0.3, 0.4) is 0 Å². The third-order valence-corrected chi connectivity index (χ3v) is 6.83. The Morgan fingerprint density at radius 2 is 2.04 bits per heavy atom. The molecule has 2 aromatic heterocycles. The number of para-hydroxylation sites is 1. The molecule has 2 heterocycles. The second kappa shape index (κ2) is 8.92. The zero-order valence-corrected chi connectivity index (χ0v) is 17.5. The smallest absolute Gasteiger partial charge is 0.230 e. The highest BCUT2D eigenvalue weighted by atomic mass is 32.2. The Kier molecular flexibility index (Phi) is 6.12. The maximum Gasteiger partial charge on any atom is 0.230 e. The van der Waals surface area contributed by atoms with Crippen molar-refractivity contribution in [2.45, 2.75) is 37.6 Å². The first-order chi connectivity index (χ1) is 13.7. The fourth-order valence-electron chi connectivity index (χ4n) is 3.39. The minimum atomic E-state index is -0.00447. The number of hydrogen-bond acceptors (Lipinski definition) is 6. The number of thiophene rings is 1. The second-order valence-electron chi connectivity index (χ2n) is 6.77. The van der Waals surface area contributed by atoms with Gasteiger partial charge < -0.3 is 10.1 Å².